The van der Waals surface area contributed by atoms with Crippen LogP contribution in [0.15, 0.2) is 103 Å². The fourth-order valence-electron chi connectivity index (χ4n) is 5.47. The van der Waals surface area contributed by atoms with Gasteiger partial charge in [0.25, 0.3) is 6.71 Å². The van der Waals surface area contributed by atoms with Crippen LogP contribution >= 0.6 is 11.3 Å². The second-order valence-corrected chi connectivity index (χ2v) is 9.99. The van der Waals surface area contributed by atoms with Gasteiger partial charge in [-0.15, -0.1) is 11.3 Å². The van der Waals surface area contributed by atoms with Gasteiger partial charge in [-0.1, -0.05) is 66.7 Å². The number of hydrogen-bond acceptors (Lipinski definition) is 3. The minimum Gasteiger partial charge on any atom is -0.458 e. The van der Waals surface area contributed by atoms with Crippen LogP contribution in [0, 0.1) is 0 Å². The first-order chi connectivity index (χ1) is 16.8. The van der Waals surface area contributed by atoms with Crippen LogP contribution in [0.25, 0.3) is 31.3 Å². The average Bonchev–Trinajstić information content (AvgIpc) is 3.26. The Morgan fingerprint density at radius 1 is 0.500 bits per heavy atom. The highest BCUT2D eigenvalue weighted by molar-refractivity contribution is 7.25. The van der Waals surface area contributed by atoms with Crippen molar-refractivity contribution in [1.29, 1.82) is 0 Å². The number of ether oxygens (including phenoxy) is 2. The molecule has 0 unspecified atom stereocenters. The highest BCUT2D eigenvalue weighted by Crippen LogP contribution is 2.40. The predicted molar refractivity (Wildman–Crippen MR) is 142 cm³/mol. The van der Waals surface area contributed by atoms with E-state index in [-0.39, 0.29) is 6.71 Å². The molecule has 2 nitrogen and oxygen atoms in total. The number of para-hydroxylation sites is 2. The van der Waals surface area contributed by atoms with Gasteiger partial charge >= 0.3 is 0 Å². The lowest BCUT2D eigenvalue weighted by Gasteiger charge is -2.33. The zero-order valence-corrected chi connectivity index (χ0v) is 18.9. The van der Waals surface area contributed by atoms with Crippen LogP contribution in [-0.2, 0) is 0 Å². The fraction of sp³-hybridized carbons (Fsp3) is 0. The SMILES string of the molecule is c1ccc2c(c1)Oc1cc(-c3ccc4c(c3)sc3ccccc34)cc3c1B2c1ccccc1O3. The number of benzene rings is 5. The van der Waals surface area contributed by atoms with Gasteiger partial charge < -0.3 is 9.47 Å². The van der Waals surface area contributed by atoms with Crippen LogP contribution < -0.4 is 25.9 Å². The lowest BCUT2D eigenvalue weighted by Crippen LogP contribution is -2.57. The number of hydrogen-bond donors (Lipinski definition) is 0. The van der Waals surface area contributed by atoms with Crippen LogP contribution in [0.1, 0.15) is 0 Å². The molecule has 158 valence electrons. The van der Waals surface area contributed by atoms with E-state index in [4.69, 9.17) is 9.47 Å². The zero-order valence-electron chi connectivity index (χ0n) is 18.1. The van der Waals surface area contributed by atoms with E-state index in [0.717, 1.165) is 34.0 Å². The van der Waals surface area contributed by atoms with Gasteiger partial charge in [-0.2, -0.15) is 0 Å². The van der Waals surface area contributed by atoms with Gasteiger partial charge in [0.2, 0.25) is 0 Å². The van der Waals surface area contributed by atoms with E-state index in [0.29, 0.717) is 0 Å². The topological polar surface area (TPSA) is 18.5 Å². The molecule has 0 amide bonds. The van der Waals surface area contributed by atoms with E-state index >= 15 is 0 Å². The molecule has 0 bridgehead atoms. The summed E-state index contributed by atoms with van der Waals surface area (Å²) in [4.78, 5) is 0. The molecule has 0 N–H and O–H groups in total. The Kier molecular flexibility index (Phi) is 3.66. The Morgan fingerprint density at radius 3 is 1.85 bits per heavy atom. The standard InChI is InChI=1S/C30H17BO2S/c1-6-12-28-20(7-1)21-14-13-18(17-29(21)34-28)19-15-26-30-27(16-19)33-25-11-5-3-9-23(25)31(30)22-8-2-4-10-24(22)32-26/h1-17H. The molecule has 2 aliphatic rings. The monoisotopic (exact) mass is 452 g/mol. The summed E-state index contributed by atoms with van der Waals surface area (Å²) >= 11 is 1.84. The molecule has 34 heavy (non-hydrogen) atoms. The molecular formula is C30H17BO2S. The predicted octanol–water partition coefficient (Wildman–Crippen LogP) is 6.45. The molecule has 0 atom stereocenters. The smallest absolute Gasteiger partial charge is 0.260 e. The Morgan fingerprint density at radius 2 is 1.12 bits per heavy atom. The molecule has 4 heteroatoms. The van der Waals surface area contributed by atoms with Crippen molar-refractivity contribution in [2.24, 2.45) is 0 Å². The maximum absolute atomic E-state index is 6.46. The maximum Gasteiger partial charge on any atom is 0.260 e. The summed E-state index contributed by atoms with van der Waals surface area (Å²) in [6, 6.07) is 36.4. The molecule has 5 aromatic carbocycles. The molecule has 8 rings (SSSR count). The van der Waals surface area contributed by atoms with E-state index in [1.54, 1.807) is 0 Å². The van der Waals surface area contributed by atoms with Gasteiger partial charge in [0.15, 0.2) is 0 Å². The van der Waals surface area contributed by atoms with Crippen LogP contribution in [0.3, 0.4) is 0 Å². The van der Waals surface area contributed by atoms with Crippen molar-refractivity contribution in [3.05, 3.63) is 103 Å². The Balaban J connectivity index is 1.35. The highest BCUT2D eigenvalue weighted by atomic mass is 32.1. The van der Waals surface area contributed by atoms with E-state index in [1.165, 1.54) is 36.7 Å². The molecule has 6 aromatic rings. The van der Waals surface area contributed by atoms with Crippen molar-refractivity contribution >= 4 is 54.6 Å². The average molecular weight is 452 g/mol. The van der Waals surface area contributed by atoms with Gasteiger partial charge in [0.05, 0.1) is 0 Å². The summed E-state index contributed by atoms with van der Waals surface area (Å²) in [5.41, 5.74) is 5.76. The Bertz CT molecular complexity index is 1710. The minimum absolute atomic E-state index is 0.110. The van der Waals surface area contributed by atoms with Crippen molar-refractivity contribution in [3.63, 3.8) is 0 Å². The van der Waals surface area contributed by atoms with Gasteiger partial charge in [-0.3, -0.25) is 0 Å². The van der Waals surface area contributed by atoms with Crippen LogP contribution in [0.2, 0.25) is 0 Å². The quantitative estimate of drug-likeness (QED) is 0.267. The second-order valence-electron chi connectivity index (χ2n) is 8.91. The summed E-state index contributed by atoms with van der Waals surface area (Å²) in [7, 11) is 0. The molecule has 1 aromatic heterocycles. The highest BCUT2D eigenvalue weighted by Gasteiger charge is 2.40. The Labute approximate surface area is 201 Å². The van der Waals surface area contributed by atoms with E-state index in [2.05, 4.69) is 91.0 Å². The minimum atomic E-state index is 0.110. The molecule has 2 aliphatic heterocycles. The van der Waals surface area contributed by atoms with E-state index < -0.39 is 0 Å². The molecule has 0 saturated carbocycles. The largest absolute Gasteiger partial charge is 0.458 e. The van der Waals surface area contributed by atoms with Crippen molar-refractivity contribution in [1.82, 2.24) is 0 Å². The van der Waals surface area contributed by atoms with Gasteiger partial charge in [-0.05, 0) is 58.5 Å². The third-order valence-corrected chi connectivity index (χ3v) is 8.14. The molecule has 0 aliphatic carbocycles. The van der Waals surface area contributed by atoms with Gasteiger partial charge in [-0.25, -0.2) is 0 Å². The van der Waals surface area contributed by atoms with Crippen LogP contribution in [0.4, 0.5) is 0 Å². The van der Waals surface area contributed by atoms with Crippen LogP contribution in [0.5, 0.6) is 23.0 Å². The lowest BCUT2D eigenvalue weighted by atomic mass is 9.35. The molecule has 0 radical (unpaired) electrons. The fourth-order valence-corrected chi connectivity index (χ4v) is 6.61. The van der Waals surface area contributed by atoms with Crippen molar-refractivity contribution < 1.29 is 9.47 Å². The number of rotatable bonds is 1. The summed E-state index contributed by atoms with van der Waals surface area (Å²) in [5.74, 6) is 3.59. The summed E-state index contributed by atoms with van der Waals surface area (Å²) in [6.45, 7) is 0.110. The molecular weight excluding hydrogens is 435 g/mol. The van der Waals surface area contributed by atoms with E-state index in [1.807, 2.05) is 23.5 Å². The molecule has 0 saturated heterocycles. The molecule has 3 heterocycles. The Hall–Kier alpha value is -4.02. The van der Waals surface area contributed by atoms with Gasteiger partial charge in [0, 0.05) is 25.6 Å². The first-order valence-corrected chi connectivity index (χ1v) is 12.3. The van der Waals surface area contributed by atoms with Crippen LogP contribution in [-0.4, -0.2) is 6.71 Å². The zero-order chi connectivity index (χ0) is 22.2. The summed E-state index contributed by atoms with van der Waals surface area (Å²) in [5, 5.41) is 2.62. The second kappa shape index (κ2) is 6.75. The molecule has 0 spiro atoms. The maximum atomic E-state index is 6.46. The van der Waals surface area contributed by atoms with Gasteiger partial charge in [0.1, 0.15) is 23.0 Å². The molecule has 0 fully saturated rings. The first kappa shape index (κ1) is 18.4. The number of thiophene rings is 1. The van der Waals surface area contributed by atoms with Crippen molar-refractivity contribution in [3.8, 4) is 34.1 Å². The number of fused-ring (bicyclic) bond motifs is 7. The summed E-state index contributed by atoms with van der Waals surface area (Å²) < 4.78 is 15.5. The first-order valence-electron chi connectivity index (χ1n) is 11.5. The van der Waals surface area contributed by atoms with E-state index in [9.17, 15) is 0 Å². The van der Waals surface area contributed by atoms with Crippen molar-refractivity contribution in [2.75, 3.05) is 0 Å². The lowest BCUT2D eigenvalue weighted by molar-refractivity contribution is 0.465. The summed E-state index contributed by atoms with van der Waals surface area (Å²) in [6.07, 6.45) is 0. The normalized spacial score (nSPS) is 13.1. The third kappa shape index (κ3) is 2.52. The van der Waals surface area contributed by atoms with Crippen molar-refractivity contribution in [2.45, 2.75) is 0 Å². The third-order valence-electron chi connectivity index (χ3n) is 7.00.